The predicted molar refractivity (Wildman–Crippen MR) is 85.7 cm³/mol. The first-order valence-electron chi connectivity index (χ1n) is 6.70. The van der Waals surface area contributed by atoms with Crippen LogP contribution in [0.1, 0.15) is 17.2 Å². The van der Waals surface area contributed by atoms with Crippen LogP contribution in [0.3, 0.4) is 0 Å². The van der Waals surface area contributed by atoms with Gasteiger partial charge in [0.1, 0.15) is 0 Å². The number of rotatable bonds is 5. The van der Waals surface area contributed by atoms with E-state index < -0.39 is 27.9 Å². The van der Waals surface area contributed by atoms with Crippen LogP contribution in [-0.4, -0.2) is 20.1 Å². The molecule has 2 aromatic rings. The lowest BCUT2D eigenvalue weighted by molar-refractivity contribution is -0.137. The Bertz CT molecular complexity index is 790. The van der Waals surface area contributed by atoms with Gasteiger partial charge in [-0.3, -0.25) is 0 Å². The highest BCUT2D eigenvalue weighted by Gasteiger charge is 2.30. The highest BCUT2D eigenvalue weighted by Crippen LogP contribution is 2.29. The maximum absolute atomic E-state index is 12.5. The minimum absolute atomic E-state index is 0.0188. The maximum atomic E-state index is 12.5. The van der Waals surface area contributed by atoms with Gasteiger partial charge in [-0.15, -0.1) is 0 Å². The fourth-order valence-corrected chi connectivity index (χ4v) is 3.20. The SMILES string of the molecule is O=S(=O)(NCC(O)c1ccc(C(F)(F)F)cc1)c1ccc(Br)cc1. The van der Waals surface area contributed by atoms with Crippen LogP contribution in [0.4, 0.5) is 13.2 Å². The van der Waals surface area contributed by atoms with Crippen LogP contribution in [0.5, 0.6) is 0 Å². The van der Waals surface area contributed by atoms with Gasteiger partial charge in [0, 0.05) is 11.0 Å². The van der Waals surface area contributed by atoms with Crippen LogP contribution in [0.15, 0.2) is 57.9 Å². The summed E-state index contributed by atoms with van der Waals surface area (Å²) >= 11 is 3.19. The van der Waals surface area contributed by atoms with Gasteiger partial charge in [0.2, 0.25) is 10.0 Å². The average Bonchev–Trinajstić information content (AvgIpc) is 2.52. The van der Waals surface area contributed by atoms with Crippen LogP contribution in [0.25, 0.3) is 0 Å². The van der Waals surface area contributed by atoms with Gasteiger partial charge in [0.25, 0.3) is 0 Å². The van der Waals surface area contributed by atoms with Crippen molar-refractivity contribution in [2.45, 2.75) is 17.2 Å². The Morgan fingerprint density at radius 3 is 2.08 bits per heavy atom. The monoisotopic (exact) mass is 423 g/mol. The summed E-state index contributed by atoms with van der Waals surface area (Å²) in [5.74, 6) is 0. The van der Waals surface area contributed by atoms with Crippen LogP contribution in [-0.2, 0) is 16.2 Å². The molecule has 0 saturated heterocycles. The molecule has 0 aromatic heterocycles. The molecule has 1 atom stereocenters. The van der Waals surface area contributed by atoms with E-state index in [0.29, 0.717) is 4.47 Å². The van der Waals surface area contributed by atoms with E-state index >= 15 is 0 Å². The van der Waals surface area contributed by atoms with Crippen molar-refractivity contribution >= 4 is 26.0 Å². The van der Waals surface area contributed by atoms with Crippen molar-refractivity contribution in [3.63, 3.8) is 0 Å². The van der Waals surface area contributed by atoms with E-state index in [-0.39, 0.29) is 17.0 Å². The maximum Gasteiger partial charge on any atom is 0.416 e. The summed E-state index contributed by atoms with van der Waals surface area (Å²) in [5, 5.41) is 9.95. The van der Waals surface area contributed by atoms with Crippen LogP contribution < -0.4 is 4.72 Å². The Kier molecular flexibility index (Phi) is 5.69. The Hall–Kier alpha value is -1.42. The Balaban J connectivity index is 2.04. The summed E-state index contributed by atoms with van der Waals surface area (Å²) in [6.45, 7) is -0.357. The largest absolute Gasteiger partial charge is 0.416 e. The van der Waals surface area contributed by atoms with Crippen LogP contribution in [0.2, 0.25) is 0 Å². The van der Waals surface area contributed by atoms with Crippen molar-refractivity contribution < 1.29 is 26.7 Å². The number of halogens is 4. The number of hydrogen-bond donors (Lipinski definition) is 2. The topological polar surface area (TPSA) is 66.4 Å². The fourth-order valence-electron chi connectivity index (χ4n) is 1.90. The molecule has 130 valence electrons. The molecular formula is C15H13BrF3NO3S. The molecular weight excluding hydrogens is 411 g/mol. The third-order valence-electron chi connectivity index (χ3n) is 3.21. The molecule has 4 nitrogen and oxygen atoms in total. The molecule has 1 unspecified atom stereocenters. The van der Waals surface area contributed by atoms with Gasteiger partial charge in [-0.1, -0.05) is 28.1 Å². The summed E-state index contributed by atoms with van der Waals surface area (Å²) in [7, 11) is -3.82. The van der Waals surface area contributed by atoms with Crippen molar-refractivity contribution in [2.24, 2.45) is 0 Å². The smallest absolute Gasteiger partial charge is 0.387 e. The zero-order valence-electron chi connectivity index (χ0n) is 12.1. The number of sulfonamides is 1. The molecule has 0 radical (unpaired) electrons. The van der Waals surface area contributed by atoms with Gasteiger partial charge in [-0.05, 0) is 42.0 Å². The highest BCUT2D eigenvalue weighted by atomic mass is 79.9. The van der Waals surface area contributed by atoms with E-state index in [9.17, 15) is 26.7 Å². The molecule has 24 heavy (non-hydrogen) atoms. The second-order valence-corrected chi connectivity index (χ2v) is 7.62. The van der Waals surface area contributed by atoms with Crippen molar-refractivity contribution in [3.8, 4) is 0 Å². The minimum Gasteiger partial charge on any atom is -0.387 e. The van der Waals surface area contributed by atoms with Crippen molar-refractivity contribution in [1.82, 2.24) is 4.72 Å². The standard InChI is InChI=1S/C15H13BrF3NO3S/c16-12-5-7-13(8-6-12)24(22,23)20-9-14(21)10-1-3-11(4-2-10)15(17,18)19/h1-8,14,20-21H,9H2. The molecule has 0 aliphatic rings. The first kappa shape index (κ1) is 18.9. The van der Waals surface area contributed by atoms with Crippen LogP contribution >= 0.6 is 15.9 Å². The van der Waals surface area contributed by atoms with Gasteiger partial charge >= 0.3 is 6.18 Å². The number of hydrogen-bond acceptors (Lipinski definition) is 3. The summed E-state index contributed by atoms with van der Waals surface area (Å²) in [6.07, 6.45) is -5.73. The lowest BCUT2D eigenvalue weighted by atomic mass is 10.1. The third-order valence-corrected chi connectivity index (χ3v) is 5.18. The zero-order chi connectivity index (χ0) is 18.0. The predicted octanol–water partition coefficient (Wildman–Crippen LogP) is 3.48. The van der Waals surface area contributed by atoms with E-state index in [2.05, 4.69) is 20.7 Å². The lowest BCUT2D eigenvalue weighted by Gasteiger charge is -2.14. The summed E-state index contributed by atoms with van der Waals surface area (Å²) in [5.41, 5.74) is -0.657. The van der Waals surface area contributed by atoms with Crippen LogP contribution in [0, 0.1) is 0 Å². The minimum atomic E-state index is -4.47. The van der Waals surface area contributed by atoms with Crippen molar-refractivity contribution in [3.05, 3.63) is 64.1 Å². The Morgan fingerprint density at radius 2 is 1.58 bits per heavy atom. The zero-order valence-corrected chi connectivity index (χ0v) is 14.5. The van der Waals surface area contributed by atoms with E-state index in [4.69, 9.17) is 0 Å². The number of aliphatic hydroxyl groups excluding tert-OH is 1. The van der Waals surface area contributed by atoms with Gasteiger partial charge in [0.15, 0.2) is 0 Å². The molecule has 0 aliphatic carbocycles. The van der Waals surface area contributed by atoms with Gasteiger partial charge in [-0.2, -0.15) is 13.2 Å². The number of alkyl halides is 3. The van der Waals surface area contributed by atoms with Crippen molar-refractivity contribution in [2.75, 3.05) is 6.54 Å². The van der Waals surface area contributed by atoms with E-state index in [1.165, 1.54) is 12.1 Å². The molecule has 0 saturated carbocycles. The second-order valence-electron chi connectivity index (χ2n) is 4.94. The number of benzene rings is 2. The summed E-state index contributed by atoms with van der Waals surface area (Å²) < 4.78 is 64.5. The Morgan fingerprint density at radius 1 is 1.04 bits per heavy atom. The second kappa shape index (κ2) is 7.22. The third kappa shape index (κ3) is 4.79. The molecule has 0 amide bonds. The fraction of sp³-hybridized carbons (Fsp3) is 0.200. The molecule has 0 fully saturated rings. The number of aliphatic hydroxyl groups is 1. The van der Waals surface area contributed by atoms with Gasteiger partial charge in [0.05, 0.1) is 16.6 Å². The van der Waals surface area contributed by atoms with E-state index in [1.54, 1.807) is 12.1 Å². The molecule has 2 aromatic carbocycles. The molecule has 2 rings (SSSR count). The highest BCUT2D eigenvalue weighted by molar-refractivity contribution is 9.10. The molecule has 0 aliphatic heterocycles. The number of nitrogens with one attached hydrogen (secondary N) is 1. The average molecular weight is 424 g/mol. The molecule has 0 spiro atoms. The molecule has 9 heteroatoms. The summed E-state index contributed by atoms with van der Waals surface area (Å²) in [4.78, 5) is 0.0188. The first-order chi connectivity index (χ1) is 11.1. The molecule has 0 bridgehead atoms. The summed E-state index contributed by atoms with van der Waals surface area (Å²) in [6, 6.07) is 9.78. The van der Waals surface area contributed by atoms with E-state index in [0.717, 1.165) is 24.3 Å². The lowest BCUT2D eigenvalue weighted by Crippen LogP contribution is -2.28. The van der Waals surface area contributed by atoms with E-state index in [1.807, 2.05) is 0 Å². The first-order valence-corrected chi connectivity index (χ1v) is 8.98. The molecule has 0 heterocycles. The van der Waals surface area contributed by atoms with Crippen molar-refractivity contribution in [1.29, 1.82) is 0 Å². The van der Waals surface area contributed by atoms with Gasteiger partial charge < -0.3 is 5.11 Å². The Labute approximate surface area is 145 Å². The van der Waals surface area contributed by atoms with Gasteiger partial charge in [-0.25, -0.2) is 13.1 Å². The normalized spacial score (nSPS) is 13.7. The quantitative estimate of drug-likeness (QED) is 0.773. The molecule has 2 N–H and O–H groups in total.